The molecule has 8 heteroatoms. The van der Waals surface area contributed by atoms with Crippen LogP contribution in [0, 0.1) is 19.7 Å². The van der Waals surface area contributed by atoms with E-state index in [0.29, 0.717) is 27.0 Å². The summed E-state index contributed by atoms with van der Waals surface area (Å²) in [7, 11) is 0. The highest BCUT2D eigenvalue weighted by Crippen LogP contribution is 2.31. The number of aryl methyl sites for hydroxylation is 1. The predicted octanol–water partition coefficient (Wildman–Crippen LogP) is 2.88. The number of ether oxygens (including phenoxy) is 1. The number of rotatable bonds is 3. The lowest BCUT2D eigenvalue weighted by molar-refractivity contribution is 0.318. The molecule has 0 aliphatic rings. The third kappa shape index (κ3) is 3.10. The van der Waals surface area contributed by atoms with Gasteiger partial charge in [0, 0.05) is 0 Å². The average Bonchev–Trinajstić information content (AvgIpc) is 2.45. The second-order valence-electron chi connectivity index (χ2n) is 4.25. The van der Waals surface area contributed by atoms with Crippen LogP contribution >= 0.6 is 15.9 Å². The van der Waals surface area contributed by atoms with E-state index >= 15 is 0 Å². The van der Waals surface area contributed by atoms with Crippen LogP contribution in [-0.2, 0) is 0 Å². The standard InChI is InChI=1S/C13H12BrFN4O2/c1-6-7(2)17-18-13(11(6)12(16)19-20)21-10-4-3-8(15)5-9(10)14/h3-5,20H,1-2H3,(H2,16,19). The number of halogens is 2. The SMILES string of the molecule is Cc1nnc(Oc2ccc(F)cc2Br)c(/C(N)=N/O)c1C. The molecule has 0 spiro atoms. The lowest BCUT2D eigenvalue weighted by Gasteiger charge is -2.13. The molecular formula is C13H12BrFN4O2. The Kier molecular flexibility index (Phi) is 4.37. The molecule has 1 heterocycles. The number of hydrogen-bond acceptors (Lipinski definition) is 5. The minimum atomic E-state index is -0.406. The number of oxime groups is 1. The fourth-order valence-corrected chi connectivity index (χ4v) is 2.10. The van der Waals surface area contributed by atoms with Gasteiger partial charge in [-0.15, -0.1) is 5.10 Å². The van der Waals surface area contributed by atoms with E-state index in [-0.39, 0.29) is 11.7 Å². The van der Waals surface area contributed by atoms with E-state index in [1.165, 1.54) is 18.2 Å². The molecule has 21 heavy (non-hydrogen) atoms. The Hall–Kier alpha value is -2.22. The molecule has 110 valence electrons. The zero-order chi connectivity index (χ0) is 15.6. The molecule has 1 aromatic heterocycles. The maximum atomic E-state index is 13.1. The topological polar surface area (TPSA) is 93.6 Å². The molecule has 0 fully saturated rings. The lowest BCUT2D eigenvalue weighted by atomic mass is 10.1. The monoisotopic (exact) mass is 354 g/mol. The molecule has 2 rings (SSSR count). The molecule has 0 atom stereocenters. The van der Waals surface area contributed by atoms with Crippen molar-refractivity contribution in [3.8, 4) is 11.6 Å². The van der Waals surface area contributed by atoms with Gasteiger partial charge in [-0.1, -0.05) is 5.16 Å². The van der Waals surface area contributed by atoms with Crippen LogP contribution in [0.15, 0.2) is 27.8 Å². The van der Waals surface area contributed by atoms with Gasteiger partial charge in [-0.25, -0.2) is 4.39 Å². The van der Waals surface area contributed by atoms with E-state index < -0.39 is 5.82 Å². The van der Waals surface area contributed by atoms with Gasteiger partial charge in [-0.2, -0.15) is 5.10 Å². The first-order chi connectivity index (χ1) is 9.93. The summed E-state index contributed by atoms with van der Waals surface area (Å²) in [6, 6.07) is 3.94. The molecule has 3 N–H and O–H groups in total. The van der Waals surface area contributed by atoms with E-state index in [0.717, 1.165) is 0 Å². The van der Waals surface area contributed by atoms with Gasteiger partial charge < -0.3 is 15.7 Å². The first-order valence-corrected chi connectivity index (χ1v) is 6.68. The Morgan fingerprint density at radius 2 is 2.10 bits per heavy atom. The van der Waals surface area contributed by atoms with E-state index in [4.69, 9.17) is 15.7 Å². The highest BCUT2D eigenvalue weighted by atomic mass is 79.9. The molecule has 0 saturated carbocycles. The molecule has 0 aliphatic carbocycles. The van der Waals surface area contributed by atoms with Crippen LogP contribution in [0.25, 0.3) is 0 Å². The third-order valence-corrected chi connectivity index (χ3v) is 3.51. The van der Waals surface area contributed by atoms with Gasteiger partial charge in [-0.3, -0.25) is 0 Å². The molecule has 0 unspecified atom stereocenters. The third-order valence-electron chi connectivity index (χ3n) is 2.89. The first kappa shape index (κ1) is 15.2. The maximum Gasteiger partial charge on any atom is 0.250 e. The van der Waals surface area contributed by atoms with Crippen LogP contribution in [0.4, 0.5) is 4.39 Å². The largest absolute Gasteiger partial charge is 0.436 e. The second-order valence-corrected chi connectivity index (χ2v) is 5.11. The van der Waals surface area contributed by atoms with Crippen molar-refractivity contribution in [1.29, 1.82) is 0 Å². The van der Waals surface area contributed by atoms with Gasteiger partial charge in [0.2, 0.25) is 5.88 Å². The summed E-state index contributed by atoms with van der Waals surface area (Å²) in [5.74, 6) is -0.141. The van der Waals surface area contributed by atoms with E-state index in [1.54, 1.807) is 13.8 Å². The Morgan fingerprint density at radius 1 is 1.38 bits per heavy atom. The fraction of sp³-hybridized carbons (Fsp3) is 0.154. The summed E-state index contributed by atoms with van der Waals surface area (Å²) < 4.78 is 19.1. The summed E-state index contributed by atoms with van der Waals surface area (Å²) in [6.45, 7) is 3.50. The van der Waals surface area contributed by atoms with Crippen LogP contribution in [0.1, 0.15) is 16.8 Å². The normalized spacial score (nSPS) is 11.5. The van der Waals surface area contributed by atoms with Gasteiger partial charge in [0.25, 0.3) is 0 Å². The highest BCUT2D eigenvalue weighted by molar-refractivity contribution is 9.10. The number of aromatic nitrogens is 2. The van der Waals surface area contributed by atoms with Crippen LogP contribution in [0.2, 0.25) is 0 Å². The highest BCUT2D eigenvalue weighted by Gasteiger charge is 2.18. The van der Waals surface area contributed by atoms with Gasteiger partial charge in [0.1, 0.15) is 11.6 Å². The van der Waals surface area contributed by atoms with Crippen LogP contribution in [0.5, 0.6) is 11.6 Å². The van der Waals surface area contributed by atoms with Crippen molar-refractivity contribution >= 4 is 21.8 Å². The molecular weight excluding hydrogens is 343 g/mol. The Labute approximate surface area is 128 Å². The molecule has 0 radical (unpaired) electrons. The Bertz CT molecular complexity index is 722. The van der Waals surface area contributed by atoms with E-state index in [1.807, 2.05) is 0 Å². The first-order valence-electron chi connectivity index (χ1n) is 5.88. The molecule has 1 aromatic carbocycles. The van der Waals surface area contributed by atoms with Gasteiger partial charge in [0.15, 0.2) is 5.84 Å². The Balaban J connectivity index is 2.52. The molecule has 6 nitrogen and oxygen atoms in total. The molecule has 0 bridgehead atoms. The summed E-state index contributed by atoms with van der Waals surface area (Å²) >= 11 is 3.19. The predicted molar refractivity (Wildman–Crippen MR) is 78.2 cm³/mol. The van der Waals surface area contributed by atoms with Crippen molar-refractivity contribution in [2.24, 2.45) is 10.9 Å². The van der Waals surface area contributed by atoms with E-state index in [2.05, 4.69) is 31.3 Å². The quantitative estimate of drug-likeness (QED) is 0.382. The number of nitrogens with two attached hydrogens (primary N) is 1. The van der Waals surface area contributed by atoms with Crippen molar-refractivity contribution < 1.29 is 14.3 Å². The zero-order valence-corrected chi connectivity index (χ0v) is 12.8. The Morgan fingerprint density at radius 3 is 2.71 bits per heavy atom. The number of benzene rings is 1. The summed E-state index contributed by atoms with van der Waals surface area (Å²) in [4.78, 5) is 0. The maximum absolute atomic E-state index is 13.1. The number of hydrogen-bond donors (Lipinski definition) is 2. The van der Waals surface area contributed by atoms with E-state index in [9.17, 15) is 4.39 Å². The average molecular weight is 355 g/mol. The van der Waals surface area contributed by atoms with Crippen LogP contribution in [0.3, 0.4) is 0 Å². The minimum absolute atomic E-state index is 0.0701. The van der Waals surface area contributed by atoms with Gasteiger partial charge in [-0.05, 0) is 53.5 Å². The molecule has 0 saturated heterocycles. The summed E-state index contributed by atoms with van der Waals surface area (Å²) in [5.41, 5.74) is 7.30. The summed E-state index contributed by atoms with van der Waals surface area (Å²) in [5, 5.41) is 19.7. The van der Waals surface area contributed by atoms with Crippen LogP contribution < -0.4 is 10.5 Å². The molecule has 0 amide bonds. The molecule has 2 aromatic rings. The van der Waals surface area contributed by atoms with Gasteiger partial charge >= 0.3 is 0 Å². The van der Waals surface area contributed by atoms with Crippen molar-refractivity contribution in [3.05, 3.63) is 45.3 Å². The smallest absolute Gasteiger partial charge is 0.250 e. The minimum Gasteiger partial charge on any atom is -0.436 e. The fourth-order valence-electron chi connectivity index (χ4n) is 1.67. The van der Waals surface area contributed by atoms with Crippen molar-refractivity contribution in [1.82, 2.24) is 10.2 Å². The van der Waals surface area contributed by atoms with Crippen molar-refractivity contribution in [2.45, 2.75) is 13.8 Å². The van der Waals surface area contributed by atoms with Crippen molar-refractivity contribution in [3.63, 3.8) is 0 Å². The zero-order valence-electron chi connectivity index (χ0n) is 11.3. The number of nitrogens with zero attached hydrogens (tertiary/aromatic N) is 3. The lowest BCUT2D eigenvalue weighted by Crippen LogP contribution is -2.18. The second kappa shape index (κ2) is 6.04. The van der Waals surface area contributed by atoms with Gasteiger partial charge in [0.05, 0.1) is 15.7 Å². The van der Waals surface area contributed by atoms with Crippen molar-refractivity contribution in [2.75, 3.05) is 0 Å². The van der Waals surface area contributed by atoms with Crippen LogP contribution in [-0.4, -0.2) is 21.2 Å². The number of amidine groups is 1. The molecule has 0 aliphatic heterocycles. The summed E-state index contributed by atoms with van der Waals surface area (Å²) in [6.07, 6.45) is 0.